The predicted molar refractivity (Wildman–Crippen MR) is 123 cm³/mol. The van der Waals surface area contributed by atoms with Crippen molar-refractivity contribution in [1.82, 2.24) is 4.90 Å². The van der Waals surface area contributed by atoms with Crippen molar-refractivity contribution in [3.8, 4) is 17.6 Å². The first-order valence-corrected chi connectivity index (χ1v) is 12.5. The Balaban J connectivity index is 1.78. The molecule has 1 aliphatic carbocycles. The van der Waals surface area contributed by atoms with E-state index in [9.17, 15) is 28.7 Å². The number of sulfonamides is 1. The Labute approximate surface area is 199 Å². The van der Waals surface area contributed by atoms with Crippen molar-refractivity contribution in [2.24, 2.45) is 0 Å². The molecule has 0 radical (unpaired) electrons. The van der Waals surface area contributed by atoms with E-state index >= 15 is 0 Å². The van der Waals surface area contributed by atoms with Crippen LogP contribution in [0.2, 0.25) is 0 Å². The molecular formula is C22H22BrN3O6S. The van der Waals surface area contributed by atoms with E-state index in [4.69, 9.17) is 4.74 Å². The number of nitrogens with zero attached hydrogens (tertiary/aromatic N) is 2. The van der Waals surface area contributed by atoms with Gasteiger partial charge < -0.3 is 19.8 Å². The second kappa shape index (κ2) is 8.52. The van der Waals surface area contributed by atoms with E-state index in [0.29, 0.717) is 36.0 Å². The van der Waals surface area contributed by atoms with Gasteiger partial charge in [-0.2, -0.15) is 5.26 Å². The fourth-order valence-electron chi connectivity index (χ4n) is 3.97. The van der Waals surface area contributed by atoms with E-state index < -0.39 is 37.7 Å². The molecule has 2 aliphatic rings. The molecule has 174 valence electrons. The number of anilines is 1. The summed E-state index contributed by atoms with van der Waals surface area (Å²) >= 11 is 3.18. The third-order valence-electron chi connectivity index (χ3n) is 6.24. The van der Waals surface area contributed by atoms with Crippen LogP contribution in [-0.2, 0) is 20.2 Å². The fourth-order valence-corrected chi connectivity index (χ4v) is 5.67. The summed E-state index contributed by atoms with van der Waals surface area (Å²) < 4.78 is 34.0. The van der Waals surface area contributed by atoms with Gasteiger partial charge in [-0.1, -0.05) is 15.9 Å². The zero-order valence-corrected chi connectivity index (χ0v) is 20.1. The van der Waals surface area contributed by atoms with E-state index in [0.717, 1.165) is 6.42 Å². The van der Waals surface area contributed by atoms with E-state index in [2.05, 4.69) is 26.7 Å². The quantitative estimate of drug-likeness (QED) is 0.482. The highest BCUT2D eigenvalue weighted by atomic mass is 79.9. The van der Waals surface area contributed by atoms with Gasteiger partial charge in [0.2, 0.25) is 0 Å². The molecule has 0 atom stereocenters. The molecule has 33 heavy (non-hydrogen) atoms. The Morgan fingerprint density at radius 1 is 1.27 bits per heavy atom. The molecule has 1 saturated heterocycles. The highest BCUT2D eigenvalue weighted by Crippen LogP contribution is 2.46. The lowest BCUT2D eigenvalue weighted by atomic mass is 9.65. The summed E-state index contributed by atoms with van der Waals surface area (Å²) in [6, 6.07) is 9.05. The molecule has 0 aromatic heterocycles. The number of likely N-dealkylation sites (tertiary alicyclic amines) is 1. The van der Waals surface area contributed by atoms with Gasteiger partial charge >= 0.3 is 0 Å². The Kier molecular flexibility index (Phi) is 6.03. The number of amides is 1. The van der Waals surface area contributed by atoms with E-state index in [1.165, 1.54) is 35.2 Å². The highest BCUT2D eigenvalue weighted by Gasteiger charge is 2.41. The third-order valence-corrected chi connectivity index (χ3v) is 8.13. The Bertz CT molecular complexity index is 1260. The molecule has 9 nitrogen and oxygen atoms in total. The summed E-state index contributed by atoms with van der Waals surface area (Å²) in [7, 11) is -2.79. The van der Waals surface area contributed by atoms with Crippen molar-refractivity contribution in [2.75, 3.05) is 24.9 Å². The molecule has 1 heterocycles. The van der Waals surface area contributed by atoms with E-state index in [-0.39, 0.29) is 17.4 Å². The van der Waals surface area contributed by atoms with Gasteiger partial charge in [-0.05, 0) is 55.2 Å². The van der Waals surface area contributed by atoms with Crippen LogP contribution in [0.15, 0.2) is 39.7 Å². The van der Waals surface area contributed by atoms with Gasteiger partial charge in [-0.25, -0.2) is 8.42 Å². The molecule has 2 aromatic carbocycles. The van der Waals surface area contributed by atoms with Crippen LogP contribution in [0.4, 0.5) is 5.69 Å². The molecule has 0 unspecified atom stereocenters. The number of nitrogens with one attached hydrogen (secondary N) is 1. The standard InChI is InChI=1S/C22H22BrN3O6S/c1-32-15-10-26(11-15)21(29)16-7-13(22(12-24)5-2-6-22)8-17(20(16)28)25-33(30,31)19-9-14(23)3-4-18(19)27/h3-4,7-9,15,25,27-28H,2,5-6,10-11H2,1H3. The second-order valence-electron chi connectivity index (χ2n) is 8.25. The first-order valence-electron chi connectivity index (χ1n) is 10.2. The lowest BCUT2D eigenvalue weighted by molar-refractivity contribution is -0.0193. The Hall–Kier alpha value is -2.81. The summed E-state index contributed by atoms with van der Waals surface area (Å²) in [6.45, 7) is 0.685. The van der Waals surface area contributed by atoms with Crippen LogP contribution in [0.3, 0.4) is 0 Å². The number of benzene rings is 2. The van der Waals surface area contributed by atoms with Crippen LogP contribution in [0.5, 0.6) is 11.5 Å². The molecule has 0 spiro atoms. The number of hydrogen-bond acceptors (Lipinski definition) is 7. The molecular weight excluding hydrogens is 514 g/mol. The number of methoxy groups -OCH3 is 1. The van der Waals surface area contributed by atoms with Crippen LogP contribution < -0.4 is 4.72 Å². The van der Waals surface area contributed by atoms with Gasteiger partial charge in [0.1, 0.15) is 10.6 Å². The number of halogens is 1. The molecule has 1 aliphatic heterocycles. The molecule has 4 rings (SSSR count). The minimum Gasteiger partial charge on any atom is -0.507 e. The van der Waals surface area contributed by atoms with Gasteiger partial charge in [0, 0.05) is 24.7 Å². The second-order valence-corrected chi connectivity index (χ2v) is 10.8. The number of ether oxygens (including phenoxy) is 1. The van der Waals surface area contributed by atoms with Gasteiger partial charge in [-0.15, -0.1) is 0 Å². The normalized spacial score (nSPS) is 17.5. The zero-order valence-electron chi connectivity index (χ0n) is 17.7. The van der Waals surface area contributed by atoms with Crippen LogP contribution in [-0.4, -0.2) is 55.7 Å². The Morgan fingerprint density at radius 2 is 1.97 bits per heavy atom. The Morgan fingerprint density at radius 3 is 2.55 bits per heavy atom. The van der Waals surface area contributed by atoms with Crippen molar-refractivity contribution in [1.29, 1.82) is 5.26 Å². The number of rotatable bonds is 6. The van der Waals surface area contributed by atoms with Gasteiger partial charge in [0.05, 0.1) is 28.8 Å². The first-order chi connectivity index (χ1) is 15.6. The monoisotopic (exact) mass is 535 g/mol. The number of aromatic hydroxyl groups is 2. The van der Waals surface area contributed by atoms with Crippen molar-refractivity contribution in [3.63, 3.8) is 0 Å². The molecule has 2 fully saturated rings. The maximum absolute atomic E-state index is 13.1. The fraction of sp³-hybridized carbons (Fsp3) is 0.364. The minimum absolute atomic E-state index is 0.0975. The third kappa shape index (κ3) is 4.14. The molecule has 1 saturated carbocycles. The average Bonchev–Trinajstić information content (AvgIpc) is 2.70. The summed E-state index contributed by atoms with van der Waals surface area (Å²) in [5, 5.41) is 30.7. The van der Waals surface area contributed by atoms with Crippen LogP contribution in [0.1, 0.15) is 35.2 Å². The van der Waals surface area contributed by atoms with Crippen LogP contribution in [0, 0.1) is 11.3 Å². The number of hydrogen-bond donors (Lipinski definition) is 3. The smallest absolute Gasteiger partial charge is 0.265 e. The van der Waals surface area contributed by atoms with Crippen LogP contribution in [0.25, 0.3) is 0 Å². The van der Waals surface area contributed by atoms with Crippen molar-refractivity contribution >= 4 is 37.5 Å². The predicted octanol–water partition coefficient (Wildman–Crippen LogP) is 3.08. The van der Waals surface area contributed by atoms with Gasteiger partial charge in [0.25, 0.3) is 15.9 Å². The molecule has 0 bridgehead atoms. The largest absolute Gasteiger partial charge is 0.507 e. The van der Waals surface area contributed by atoms with Gasteiger partial charge in [0.15, 0.2) is 5.75 Å². The van der Waals surface area contributed by atoms with E-state index in [1.807, 2.05) is 0 Å². The van der Waals surface area contributed by atoms with Crippen LogP contribution >= 0.6 is 15.9 Å². The summed E-state index contributed by atoms with van der Waals surface area (Å²) in [4.78, 5) is 14.1. The van der Waals surface area contributed by atoms with Gasteiger partial charge in [-0.3, -0.25) is 9.52 Å². The SMILES string of the molecule is COC1CN(C(=O)c2cc(C3(C#N)CCC3)cc(NS(=O)(=O)c3cc(Br)ccc3O)c2O)C1. The highest BCUT2D eigenvalue weighted by molar-refractivity contribution is 9.10. The minimum atomic E-state index is -4.33. The molecule has 1 amide bonds. The molecule has 11 heteroatoms. The zero-order chi connectivity index (χ0) is 24.0. The summed E-state index contributed by atoms with van der Waals surface area (Å²) in [5.41, 5.74) is -0.733. The number of carbonyl (C=O) groups excluding carboxylic acids is 1. The number of phenols is 2. The number of carbonyl (C=O) groups is 1. The van der Waals surface area contributed by atoms with E-state index in [1.54, 1.807) is 7.11 Å². The molecule has 3 N–H and O–H groups in total. The summed E-state index contributed by atoms with van der Waals surface area (Å²) in [6.07, 6.45) is 1.85. The maximum atomic E-state index is 13.1. The molecule has 2 aromatic rings. The average molecular weight is 536 g/mol. The lowest BCUT2D eigenvalue weighted by Crippen LogP contribution is -2.54. The van der Waals surface area contributed by atoms with Crippen molar-refractivity contribution < 1.29 is 28.2 Å². The van der Waals surface area contributed by atoms with Crippen molar-refractivity contribution in [3.05, 3.63) is 45.9 Å². The first kappa shape index (κ1) is 23.4. The van der Waals surface area contributed by atoms with Crippen molar-refractivity contribution in [2.45, 2.75) is 35.7 Å². The lowest BCUT2D eigenvalue weighted by Gasteiger charge is -2.39. The topological polar surface area (TPSA) is 140 Å². The maximum Gasteiger partial charge on any atom is 0.265 e. The number of nitriles is 1. The summed E-state index contributed by atoms with van der Waals surface area (Å²) in [5.74, 6) is -1.51. The number of phenolic OH excluding ortho intramolecular Hbond substituents is 2.